The predicted molar refractivity (Wildman–Crippen MR) is 71.9 cm³/mol. The van der Waals surface area contributed by atoms with Gasteiger partial charge in [-0.05, 0) is 46.0 Å². The van der Waals surface area contributed by atoms with Crippen molar-refractivity contribution in [1.82, 2.24) is 4.90 Å². The van der Waals surface area contributed by atoms with Crippen LogP contribution < -0.4 is 0 Å². The number of esters is 2. The zero-order chi connectivity index (χ0) is 14.7. The largest absolute Gasteiger partial charge is 0.466 e. The molecule has 1 aliphatic carbocycles. The quantitative estimate of drug-likeness (QED) is 0.731. The first kappa shape index (κ1) is 13.9. The lowest BCUT2D eigenvalue weighted by molar-refractivity contribution is -0.187. The SMILES string of the molecule is CCOC(=O)C[C@H]1[C@@H]2C[C@@H]2[C@]2(C)C(=O)OCC(C)(C)N12. The average Bonchev–Trinajstić information content (AvgIpc) is 3.09. The zero-order valence-corrected chi connectivity index (χ0v) is 12.6. The molecule has 0 unspecified atom stereocenters. The molecule has 0 radical (unpaired) electrons. The van der Waals surface area contributed by atoms with Crippen LogP contribution in [0.15, 0.2) is 0 Å². The summed E-state index contributed by atoms with van der Waals surface area (Å²) in [6, 6.07) is 0.104. The molecule has 3 aliphatic rings. The molecule has 0 N–H and O–H groups in total. The monoisotopic (exact) mass is 281 g/mol. The molecule has 0 aromatic heterocycles. The molecule has 2 saturated heterocycles. The second-order valence-corrected chi connectivity index (χ2v) is 6.99. The van der Waals surface area contributed by atoms with Gasteiger partial charge in [0, 0.05) is 6.04 Å². The van der Waals surface area contributed by atoms with E-state index < -0.39 is 5.54 Å². The van der Waals surface area contributed by atoms with E-state index in [1.54, 1.807) is 0 Å². The summed E-state index contributed by atoms with van der Waals surface area (Å²) in [4.78, 5) is 26.4. The molecule has 5 heteroatoms. The first-order chi connectivity index (χ1) is 9.32. The Bertz CT molecular complexity index is 461. The third kappa shape index (κ3) is 1.72. The number of piperidine rings is 1. The summed E-state index contributed by atoms with van der Waals surface area (Å²) < 4.78 is 10.5. The minimum absolute atomic E-state index is 0.104. The van der Waals surface area contributed by atoms with Gasteiger partial charge in [-0.25, -0.2) is 0 Å². The summed E-state index contributed by atoms with van der Waals surface area (Å²) in [5.74, 6) is 0.459. The summed E-state index contributed by atoms with van der Waals surface area (Å²) in [7, 11) is 0. The Labute approximate surface area is 119 Å². The van der Waals surface area contributed by atoms with Crippen molar-refractivity contribution in [3.05, 3.63) is 0 Å². The highest BCUT2D eigenvalue weighted by Crippen LogP contribution is 2.63. The van der Waals surface area contributed by atoms with E-state index in [9.17, 15) is 9.59 Å². The number of ether oxygens (including phenoxy) is 2. The van der Waals surface area contributed by atoms with Crippen molar-refractivity contribution in [2.24, 2.45) is 11.8 Å². The third-order valence-corrected chi connectivity index (χ3v) is 5.19. The molecule has 20 heavy (non-hydrogen) atoms. The second kappa shape index (κ2) is 4.20. The molecule has 0 spiro atoms. The van der Waals surface area contributed by atoms with Crippen molar-refractivity contribution in [3.8, 4) is 0 Å². The number of morpholine rings is 1. The molecule has 3 rings (SSSR count). The van der Waals surface area contributed by atoms with Gasteiger partial charge in [0.15, 0.2) is 0 Å². The minimum Gasteiger partial charge on any atom is -0.466 e. The van der Waals surface area contributed by atoms with Gasteiger partial charge in [0.25, 0.3) is 0 Å². The molecule has 2 heterocycles. The highest BCUT2D eigenvalue weighted by Gasteiger charge is 2.72. The van der Waals surface area contributed by atoms with Crippen molar-refractivity contribution in [3.63, 3.8) is 0 Å². The molecule has 5 nitrogen and oxygen atoms in total. The molecule has 0 bridgehead atoms. The Hall–Kier alpha value is -1.10. The van der Waals surface area contributed by atoms with Crippen LogP contribution >= 0.6 is 0 Å². The first-order valence-electron chi connectivity index (χ1n) is 7.44. The van der Waals surface area contributed by atoms with E-state index in [0.717, 1.165) is 6.42 Å². The number of hydrogen-bond donors (Lipinski definition) is 0. The molecule has 0 aromatic carbocycles. The molecule has 0 aromatic rings. The summed E-state index contributed by atoms with van der Waals surface area (Å²) >= 11 is 0. The molecule has 3 fully saturated rings. The van der Waals surface area contributed by atoms with Crippen molar-refractivity contribution in [2.75, 3.05) is 13.2 Å². The normalized spacial score (nSPS) is 41.6. The van der Waals surface area contributed by atoms with Crippen LogP contribution in [0.5, 0.6) is 0 Å². The fourth-order valence-corrected chi connectivity index (χ4v) is 4.42. The standard InChI is InChI=1S/C15H23NO4/c1-5-19-12(17)7-11-9-6-10(9)15(4)13(18)20-8-14(2,3)16(11)15/h9-11H,5-8H2,1-4H3/t9-,10+,11+,15-/m1/s1. The maximum Gasteiger partial charge on any atom is 0.326 e. The van der Waals surface area contributed by atoms with Gasteiger partial charge >= 0.3 is 11.9 Å². The first-order valence-corrected chi connectivity index (χ1v) is 7.44. The van der Waals surface area contributed by atoms with Gasteiger partial charge in [0.1, 0.15) is 12.1 Å². The Balaban J connectivity index is 1.89. The molecule has 4 atom stereocenters. The van der Waals surface area contributed by atoms with Crippen LogP contribution in [0.3, 0.4) is 0 Å². The van der Waals surface area contributed by atoms with Crippen LogP contribution in [0.25, 0.3) is 0 Å². The summed E-state index contributed by atoms with van der Waals surface area (Å²) in [6.07, 6.45) is 1.39. The maximum atomic E-state index is 12.3. The topological polar surface area (TPSA) is 55.8 Å². The van der Waals surface area contributed by atoms with Gasteiger partial charge in [-0.15, -0.1) is 0 Å². The van der Waals surface area contributed by atoms with Gasteiger partial charge in [-0.2, -0.15) is 0 Å². The molecule has 112 valence electrons. The van der Waals surface area contributed by atoms with E-state index in [2.05, 4.69) is 18.7 Å². The fourth-order valence-electron chi connectivity index (χ4n) is 4.42. The maximum absolute atomic E-state index is 12.3. The Morgan fingerprint density at radius 2 is 2.15 bits per heavy atom. The predicted octanol–water partition coefficient (Wildman–Crippen LogP) is 1.35. The smallest absolute Gasteiger partial charge is 0.326 e. The van der Waals surface area contributed by atoms with E-state index >= 15 is 0 Å². The number of carbonyl (C=O) groups excluding carboxylic acids is 2. The number of rotatable bonds is 3. The molecule has 0 amide bonds. The highest BCUT2D eigenvalue weighted by atomic mass is 16.5. The van der Waals surface area contributed by atoms with Crippen molar-refractivity contribution >= 4 is 11.9 Å². The number of hydrogen-bond acceptors (Lipinski definition) is 5. The van der Waals surface area contributed by atoms with Gasteiger partial charge in [0.2, 0.25) is 0 Å². The summed E-state index contributed by atoms with van der Waals surface area (Å²) in [5.41, 5.74) is -0.795. The lowest BCUT2D eigenvalue weighted by Gasteiger charge is -2.52. The molecular formula is C15H23NO4. The van der Waals surface area contributed by atoms with Crippen LogP contribution in [-0.4, -0.2) is 47.2 Å². The van der Waals surface area contributed by atoms with E-state index in [1.807, 2.05) is 13.8 Å². The average molecular weight is 281 g/mol. The van der Waals surface area contributed by atoms with Crippen LogP contribution in [-0.2, 0) is 19.1 Å². The highest BCUT2D eigenvalue weighted by molar-refractivity contribution is 5.84. The van der Waals surface area contributed by atoms with Gasteiger partial charge in [0.05, 0.1) is 18.6 Å². The number of carbonyl (C=O) groups is 2. The van der Waals surface area contributed by atoms with Crippen LogP contribution in [0.4, 0.5) is 0 Å². The lowest BCUT2D eigenvalue weighted by atomic mass is 9.87. The number of fused-ring (bicyclic) bond motifs is 3. The molecule has 1 saturated carbocycles. The van der Waals surface area contributed by atoms with Crippen molar-refractivity contribution < 1.29 is 19.1 Å². The van der Waals surface area contributed by atoms with Gasteiger partial charge < -0.3 is 9.47 Å². The van der Waals surface area contributed by atoms with Crippen LogP contribution in [0.2, 0.25) is 0 Å². The van der Waals surface area contributed by atoms with Crippen molar-refractivity contribution in [2.45, 2.75) is 57.7 Å². The lowest BCUT2D eigenvalue weighted by Crippen LogP contribution is -2.68. The zero-order valence-electron chi connectivity index (χ0n) is 12.6. The van der Waals surface area contributed by atoms with Gasteiger partial charge in [-0.1, -0.05) is 0 Å². The summed E-state index contributed by atoms with van der Waals surface area (Å²) in [5, 5.41) is 0. The Morgan fingerprint density at radius 3 is 2.80 bits per heavy atom. The third-order valence-electron chi connectivity index (χ3n) is 5.19. The minimum atomic E-state index is -0.566. The number of cyclic esters (lactones) is 1. The molecular weight excluding hydrogens is 258 g/mol. The van der Waals surface area contributed by atoms with E-state index in [1.165, 1.54) is 0 Å². The van der Waals surface area contributed by atoms with Crippen molar-refractivity contribution in [1.29, 1.82) is 0 Å². The van der Waals surface area contributed by atoms with Gasteiger partial charge in [-0.3, -0.25) is 14.5 Å². The van der Waals surface area contributed by atoms with E-state index in [-0.39, 0.29) is 23.5 Å². The molecule has 2 aliphatic heterocycles. The second-order valence-electron chi connectivity index (χ2n) is 6.99. The van der Waals surface area contributed by atoms with E-state index in [4.69, 9.17) is 9.47 Å². The van der Waals surface area contributed by atoms with Crippen LogP contribution in [0, 0.1) is 11.8 Å². The van der Waals surface area contributed by atoms with Crippen LogP contribution in [0.1, 0.15) is 40.5 Å². The Morgan fingerprint density at radius 1 is 1.45 bits per heavy atom. The fraction of sp³-hybridized carbons (Fsp3) is 0.867. The number of nitrogens with zero attached hydrogens (tertiary/aromatic N) is 1. The Kier molecular flexibility index (Phi) is 2.91. The summed E-state index contributed by atoms with van der Waals surface area (Å²) in [6.45, 7) is 8.76. The van der Waals surface area contributed by atoms with E-state index in [0.29, 0.717) is 31.5 Å².